The molecule has 1 heterocycles. The van der Waals surface area contributed by atoms with Gasteiger partial charge in [-0.3, -0.25) is 0 Å². The number of aromatic nitrogens is 3. The summed E-state index contributed by atoms with van der Waals surface area (Å²) < 4.78 is 8.57. The summed E-state index contributed by atoms with van der Waals surface area (Å²) in [5.41, 5.74) is 6.67. The molecule has 0 fully saturated rings. The predicted molar refractivity (Wildman–Crippen MR) is 81.2 cm³/mol. The minimum Gasteiger partial charge on any atom is -0.484 e. The fourth-order valence-electron chi connectivity index (χ4n) is 1.83. The second-order valence-electron chi connectivity index (χ2n) is 5.01. The number of rotatable bonds is 6. The van der Waals surface area contributed by atoms with Crippen LogP contribution in [0.1, 0.15) is 25.2 Å². The third kappa shape index (κ3) is 3.80. The van der Waals surface area contributed by atoms with Crippen LogP contribution in [0.5, 0.6) is 5.75 Å². The summed E-state index contributed by atoms with van der Waals surface area (Å²) in [7, 11) is 0. The molecule has 108 valence electrons. The van der Waals surface area contributed by atoms with E-state index in [-0.39, 0.29) is 0 Å². The maximum Gasteiger partial charge on any atom is 0.164 e. The van der Waals surface area contributed by atoms with E-state index in [1.54, 1.807) is 6.33 Å². The van der Waals surface area contributed by atoms with E-state index in [0.29, 0.717) is 19.1 Å². The molecule has 0 saturated carbocycles. The summed E-state index contributed by atoms with van der Waals surface area (Å²) in [5.74, 6) is 2.13. The third-order valence-electron chi connectivity index (χ3n) is 2.82. The zero-order valence-electron chi connectivity index (χ0n) is 11.7. The number of nitrogens with zero attached hydrogens (tertiary/aromatic N) is 3. The number of nitrogens with two attached hydrogens (primary N) is 1. The maximum absolute atomic E-state index is 5.79. The molecule has 2 N–H and O–H groups in total. The third-order valence-corrected chi connectivity index (χ3v) is 3.44. The topological polar surface area (TPSA) is 66.0 Å². The quantitative estimate of drug-likeness (QED) is 0.879. The Kier molecular flexibility index (Phi) is 5.14. The molecule has 5 nitrogen and oxygen atoms in total. The van der Waals surface area contributed by atoms with Crippen LogP contribution in [0, 0.1) is 5.92 Å². The summed E-state index contributed by atoms with van der Waals surface area (Å²) in [5, 5.41) is 4.22. The van der Waals surface area contributed by atoms with Crippen molar-refractivity contribution in [1.82, 2.24) is 14.8 Å². The molecule has 0 atom stereocenters. The Labute approximate surface area is 127 Å². The first-order chi connectivity index (χ1) is 9.60. The molecule has 0 spiro atoms. The van der Waals surface area contributed by atoms with E-state index in [1.165, 1.54) is 0 Å². The van der Waals surface area contributed by atoms with Crippen LogP contribution >= 0.6 is 15.9 Å². The van der Waals surface area contributed by atoms with E-state index in [9.17, 15) is 0 Å². The summed E-state index contributed by atoms with van der Waals surface area (Å²) in [6.45, 7) is 6.05. The van der Waals surface area contributed by atoms with E-state index in [1.807, 2.05) is 22.9 Å². The first-order valence-corrected chi connectivity index (χ1v) is 7.37. The summed E-state index contributed by atoms with van der Waals surface area (Å²) in [6.07, 6.45) is 1.56. The summed E-state index contributed by atoms with van der Waals surface area (Å²) in [4.78, 5) is 4.24. The predicted octanol–water partition coefficient (Wildman–Crippen LogP) is 2.73. The molecule has 2 rings (SSSR count). The molecule has 0 amide bonds. The molecule has 0 bridgehead atoms. The van der Waals surface area contributed by atoms with Crippen LogP contribution < -0.4 is 10.5 Å². The van der Waals surface area contributed by atoms with E-state index in [0.717, 1.165) is 28.2 Å². The molecular formula is C14H19BrN4O. The average Bonchev–Trinajstić information content (AvgIpc) is 2.83. The van der Waals surface area contributed by atoms with Gasteiger partial charge in [0.05, 0.1) is 4.47 Å². The highest BCUT2D eigenvalue weighted by Gasteiger charge is 2.08. The van der Waals surface area contributed by atoms with Crippen molar-refractivity contribution in [1.29, 1.82) is 0 Å². The lowest BCUT2D eigenvalue weighted by atomic mass is 10.2. The van der Waals surface area contributed by atoms with Crippen LogP contribution in [0.3, 0.4) is 0 Å². The van der Waals surface area contributed by atoms with Crippen molar-refractivity contribution >= 4 is 15.9 Å². The minimum absolute atomic E-state index is 0.396. The molecule has 2 aromatic rings. The Balaban J connectivity index is 2.03. The zero-order chi connectivity index (χ0) is 14.5. The van der Waals surface area contributed by atoms with E-state index in [2.05, 4.69) is 39.9 Å². The van der Waals surface area contributed by atoms with Gasteiger partial charge in [-0.2, -0.15) is 5.10 Å². The standard InChI is InChI=1S/C14H19BrN4O/c1-10(2)7-19-14(17-9-18-19)8-20-13-4-3-11(6-16)5-12(13)15/h3-5,9-10H,6-8,16H2,1-2H3. The van der Waals surface area contributed by atoms with Gasteiger partial charge in [0.15, 0.2) is 5.82 Å². The van der Waals surface area contributed by atoms with Gasteiger partial charge in [0.2, 0.25) is 0 Å². The van der Waals surface area contributed by atoms with Crippen LogP contribution in [0.25, 0.3) is 0 Å². The lowest BCUT2D eigenvalue weighted by Crippen LogP contribution is -2.12. The van der Waals surface area contributed by atoms with Gasteiger partial charge in [-0.15, -0.1) is 0 Å². The van der Waals surface area contributed by atoms with Crippen molar-refractivity contribution in [3.05, 3.63) is 40.4 Å². The molecule has 0 unspecified atom stereocenters. The molecule has 20 heavy (non-hydrogen) atoms. The van der Waals surface area contributed by atoms with Gasteiger partial charge < -0.3 is 10.5 Å². The maximum atomic E-state index is 5.79. The smallest absolute Gasteiger partial charge is 0.164 e. The fraction of sp³-hybridized carbons (Fsp3) is 0.429. The van der Waals surface area contributed by atoms with Gasteiger partial charge in [-0.05, 0) is 39.5 Å². The normalized spacial score (nSPS) is 11.1. The Morgan fingerprint density at radius 3 is 2.85 bits per heavy atom. The molecule has 1 aromatic heterocycles. The fourth-order valence-corrected chi connectivity index (χ4v) is 2.37. The molecule has 0 saturated heterocycles. The van der Waals surface area contributed by atoms with Crippen molar-refractivity contribution < 1.29 is 4.74 Å². The van der Waals surface area contributed by atoms with Gasteiger partial charge in [-0.25, -0.2) is 9.67 Å². The van der Waals surface area contributed by atoms with Gasteiger partial charge in [0.25, 0.3) is 0 Å². The molecule has 0 aliphatic carbocycles. The largest absolute Gasteiger partial charge is 0.484 e. The van der Waals surface area contributed by atoms with Crippen molar-refractivity contribution in [2.75, 3.05) is 0 Å². The van der Waals surface area contributed by atoms with Crippen molar-refractivity contribution in [3.8, 4) is 5.75 Å². The molecule has 0 aliphatic rings. The molecule has 0 aliphatic heterocycles. The van der Waals surface area contributed by atoms with Gasteiger partial charge in [-0.1, -0.05) is 19.9 Å². The Morgan fingerprint density at radius 2 is 2.20 bits per heavy atom. The molecule has 0 radical (unpaired) electrons. The van der Waals surface area contributed by atoms with E-state index >= 15 is 0 Å². The number of hydrogen-bond donors (Lipinski definition) is 1. The molecular weight excluding hydrogens is 320 g/mol. The molecule has 6 heteroatoms. The number of ether oxygens (including phenoxy) is 1. The number of hydrogen-bond acceptors (Lipinski definition) is 4. The van der Waals surface area contributed by atoms with Gasteiger partial charge in [0, 0.05) is 13.1 Å². The van der Waals surface area contributed by atoms with Gasteiger partial charge in [0.1, 0.15) is 18.7 Å². The van der Waals surface area contributed by atoms with Crippen molar-refractivity contribution in [2.24, 2.45) is 11.7 Å². The van der Waals surface area contributed by atoms with Gasteiger partial charge >= 0.3 is 0 Å². The van der Waals surface area contributed by atoms with Crippen LogP contribution in [0.4, 0.5) is 0 Å². The monoisotopic (exact) mass is 338 g/mol. The summed E-state index contributed by atoms with van der Waals surface area (Å²) in [6, 6.07) is 5.84. The highest BCUT2D eigenvalue weighted by molar-refractivity contribution is 9.10. The van der Waals surface area contributed by atoms with E-state index < -0.39 is 0 Å². The SMILES string of the molecule is CC(C)Cn1ncnc1COc1ccc(CN)cc1Br. The zero-order valence-corrected chi connectivity index (χ0v) is 13.3. The van der Waals surface area contributed by atoms with Crippen LogP contribution in [-0.4, -0.2) is 14.8 Å². The van der Waals surface area contributed by atoms with Crippen molar-refractivity contribution in [3.63, 3.8) is 0 Å². The van der Waals surface area contributed by atoms with Crippen LogP contribution in [-0.2, 0) is 19.7 Å². The second-order valence-corrected chi connectivity index (χ2v) is 5.86. The van der Waals surface area contributed by atoms with Crippen LogP contribution in [0.15, 0.2) is 29.0 Å². The number of halogens is 1. The lowest BCUT2D eigenvalue weighted by Gasteiger charge is -2.11. The first kappa shape index (κ1) is 15.0. The summed E-state index contributed by atoms with van der Waals surface area (Å²) >= 11 is 3.49. The lowest BCUT2D eigenvalue weighted by molar-refractivity contribution is 0.281. The molecule has 1 aromatic carbocycles. The van der Waals surface area contributed by atoms with E-state index in [4.69, 9.17) is 10.5 Å². The number of benzene rings is 1. The highest BCUT2D eigenvalue weighted by Crippen LogP contribution is 2.26. The first-order valence-electron chi connectivity index (χ1n) is 6.58. The highest BCUT2D eigenvalue weighted by atomic mass is 79.9. The Morgan fingerprint density at radius 1 is 1.40 bits per heavy atom. The minimum atomic E-state index is 0.396. The Bertz CT molecular complexity index is 568. The average molecular weight is 339 g/mol. The van der Waals surface area contributed by atoms with Crippen LogP contribution in [0.2, 0.25) is 0 Å². The van der Waals surface area contributed by atoms with Crippen molar-refractivity contribution in [2.45, 2.75) is 33.5 Å². The second kappa shape index (κ2) is 6.85. The Hall–Kier alpha value is -1.40.